The van der Waals surface area contributed by atoms with Crippen molar-refractivity contribution in [1.29, 1.82) is 0 Å². The number of carbonyl (C=O) groups is 2. The molecule has 1 aromatic rings. The van der Waals surface area contributed by atoms with Gasteiger partial charge in [0.25, 0.3) is 0 Å². The van der Waals surface area contributed by atoms with E-state index in [4.69, 9.17) is 5.11 Å². The average Bonchev–Trinajstić information content (AvgIpc) is 2.35. The van der Waals surface area contributed by atoms with Crippen LogP contribution in [0.5, 0.6) is 0 Å². The van der Waals surface area contributed by atoms with Gasteiger partial charge in [-0.25, -0.2) is 4.39 Å². The maximum absolute atomic E-state index is 13.4. The van der Waals surface area contributed by atoms with E-state index < -0.39 is 11.9 Å². The van der Waals surface area contributed by atoms with E-state index in [-0.39, 0.29) is 18.1 Å². The Labute approximate surface area is 111 Å². The van der Waals surface area contributed by atoms with E-state index in [1.165, 1.54) is 11.0 Å². The van der Waals surface area contributed by atoms with Crippen molar-refractivity contribution in [3.8, 4) is 0 Å². The zero-order valence-corrected chi connectivity index (χ0v) is 11.1. The smallest absolute Gasteiger partial charge is 0.304 e. The second kappa shape index (κ2) is 6.87. The van der Waals surface area contributed by atoms with Crippen LogP contribution in [0.3, 0.4) is 0 Å². The molecule has 1 atom stereocenters. The number of hydrogen-bond acceptors (Lipinski definition) is 2. The van der Waals surface area contributed by atoms with Crippen LogP contribution in [0.4, 0.5) is 4.39 Å². The molecule has 0 radical (unpaired) electrons. The monoisotopic (exact) mass is 267 g/mol. The lowest BCUT2D eigenvalue weighted by Gasteiger charge is -2.20. The Morgan fingerprint density at radius 3 is 2.58 bits per heavy atom. The van der Waals surface area contributed by atoms with Crippen molar-refractivity contribution < 1.29 is 19.1 Å². The molecule has 1 unspecified atom stereocenters. The van der Waals surface area contributed by atoms with Gasteiger partial charge in [-0.1, -0.05) is 25.1 Å². The van der Waals surface area contributed by atoms with Crippen LogP contribution in [-0.2, 0) is 16.0 Å². The zero-order valence-electron chi connectivity index (χ0n) is 11.1. The highest BCUT2D eigenvalue weighted by Crippen LogP contribution is 2.10. The van der Waals surface area contributed by atoms with E-state index in [0.717, 1.165) is 0 Å². The predicted octanol–water partition coefficient (Wildman–Crippen LogP) is 1.94. The van der Waals surface area contributed by atoms with Gasteiger partial charge in [-0.2, -0.15) is 0 Å². The van der Waals surface area contributed by atoms with Crippen molar-refractivity contribution in [1.82, 2.24) is 4.90 Å². The van der Waals surface area contributed by atoms with Gasteiger partial charge in [0.15, 0.2) is 0 Å². The average molecular weight is 267 g/mol. The number of rotatable bonds is 6. The van der Waals surface area contributed by atoms with Crippen LogP contribution in [0.15, 0.2) is 24.3 Å². The van der Waals surface area contributed by atoms with Gasteiger partial charge in [0, 0.05) is 19.5 Å². The lowest BCUT2D eigenvalue weighted by molar-refractivity contribution is -0.143. The first kappa shape index (κ1) is 15.1. The van der Waals surface area contributed by atoms with Crippen molar-refractivity contribution in [3.05, 3.63) is 35.6 Å². The Bertz CT molecular complexity index is 462. The number of benzene rings is 1. The van der Waals surface area contributed by atoms with Gasteiger partial charge in [0.05, 0.1) is 6.42 Å². The number of carboxylic acids is 1. The molecule has 0 aliphatic carbocycles. The minimum atomic E-state index is -0.997. The Balaban J connectivity index is 2.51. The maximum atomic E-state index is 13.4. The molecule has 0 fully saturated rings. The first-order chi connectivity index (χ1) is 8.91. The summed E-state index contributed by atoms with van der Waals surface area (Å²) in [6.07, 6.45) is 0.220. The highest BCUT2D eigenvalue weighted by molar-refractivity contribution is 5.82. The van der Waals surface area contributed by atoms with Crippen LogP contribution >= 0.6 is 0 Å². The van der Waals surface area contributed by atoms with Gasteiger partial charge in [0.1, 0.15) is 5.82 Å². The van der Waals surface area contributed by atoms with Crippen molar-refractivity contribution in [2.75, 3.05) is 13.6 Å². The summed E-state index contributed by atoms with van der Waals surface area (Å²) in [6, 6.07) is 6.41. The largest absolute Gasteiger partial charge is 0.481 e. The number of amides is 1. The number of aliphatic carboxylic acids is 1. The molecule has 1 aromatic carbocycles. The number of likely N-dealkylation sites (N-methyl/N-ethyl adjacent to an activating group) is 1. The van der Waals surface area contributed by atoms with Crippen molar-refractivity contribution in [2.24, 2.45) is 5.92 Å². The Morgan fingerprint density at radius 1 is 1.37 bits per heavy atom. The summed E-state index contributed by atoms with van der Waals surface area (Å²) in [7, 11) is 1.60. The highest BCUT2D eigenvalue weighted by Gasteiger charge is 2.20. The number of carboxylic acid groups (broad SMARTS) is 1. The molecule has 19 heavy (non-hydrogen) atoms. The second-order valence-electron chi connectivity index (χ2n) is 4.60. The minimum Gasteiger partial charge on any atom is -0.481 e. The molecule has 1 N–H and O–H groups in total. The van der Waals surface area contributed by atoms with Crippen LogP contribution in [-0.4, -0.2) is 35.5 Å². The Hall–Kier alpha value is -1.91. The summed E-state index contributed by atoms with van der Waals surface area (Å²) < 4.78 is 13.4. The molecule has 0 saturated heterocycles. The first-order valence-corrected chi connectivity index (χ1v) is 6.12. The molecular weight excluding hydrogens is 249 g/mol. The maximum Gasteiger partial charge on any atom is 0.304 e. The molecule has 0 aliphatic rings. The molecule has 0 heterocycles. The number of halogens is 1. The third-order valence-electron chi connectivity index (χ3n) is 2.95. The molecule has 0 bridgehead atoms. The molecule has 104 valence electrons. The highest BCUT2D eigenvalue weighted by atomic mass is 19.1. The van der Waals surface area contributed by atoms with Gasteiger partial charge in [-0.15, -0.1) is 0 Å². The fourth-order valence-corrected chi connectivity index (χ4v) is 1.82. The van der Waals surface area contributed by atoms with E-state index in [1.807, 2.05) is 0 Å². The van der Waals surface area contributed by atoms with Gasteiger partial charge in [0.2, 0.25) is 5.91 Å². The number of hydrogen-bond donors (Lipinski definition) is 1. The normalized spacial score (nSPS) is 11.9. The number of carbonyl (C=O) groups excluding carboxylic acids is 1. The van der Waals surface area contributed by atoms with Crippen molar-refractivity contribution in [2.45, 2.75) is 19.8 Å². The SMILES string of the molecule is CC(CC(=O)O)C(=O)N(C)CCc1ccccc1F. The summed E-state index contributed by atoms with van der Waals surface area (Å²) in [5.41, 5.74) is 0.549. The third-order valence-corrected chi connectivity index (χ3v) is 2.95. The molecule has 0 saturated carbocycles. The van der Waals surface area contributed by atoms with Gasteiger partial charge < -0.3 is 10.0 Å². The van der Waals surface area contributed by atoms with Gasteiger partial charge in [-0.3, -0.25) is 9.59 Å². The molecule has 5 heteroatoms. The second-order valence-corrected chi connectivity index (χ2v) is 4.60. The zero-order chi connectivity index (χ0) is 14.4. The third kappa shape index (κ3) is 4.69. The molecule has 4 nitrogen and oxygen atoms in total. The summed E-state index contributed by atoms with van der Waals surface area (Å²) in [5.74, 6) is -2.09. The summed E-state index contributed by atoms with van der Waals surface area (Å²) >= 11 is 0. The molecule has 0 spiro atoms. The Morgan fingerprint density at radius 2 is 2.00 bits per heavy atom. The quantitative estimate of drug-likeness (QED) is 0.857. The van der Waals surface area contributed by atoms with Crippen LogP contribution in [0.2, 0.25) is 0 Å². The van der Waals surface area contributed by atoms with E-state index in [2.05, 4.69) is 0 Å². The van der Waals surface area contributed by atoms with Gasteiger partial charge in [-0.05, 0) is 18.1 Å². The van der Waals surface area contributed by atoms with Crippen LogP contribution in [0.1, 0.15) is 18.9 Å². The van der Waals surface area contributed by atoms with Crippen molar-refractivity contribution in [3.63, 3.8) is 0 Å². The van der Waals surface area contributed by atoms with E-state index in [9.17, 15) is 14.0 Å². The molecule has 1 amide bonds. The predicted molar refractivity (Wildman–Crippen MR) is 69.2 cm³/mol. The molecule has 1 rings (SSSR count). The van der Waals surface area contributed by atoms with Crippen LogP contribution in [0.25, 0.3) is 0 Å². The summed E-state index contributed by atoms with van der Waals surface area (Å²) in [5, 5.41) is 8.64. The van der Waals surface area contributed by atoms with E-state index in [0.29, 0.717) is 18.5 Å². The lowest BCUT2D eigenvalue weighted by Crippen LogP contribution is -2.34. The number of nitrogens with zero attached hydrogens (tertiary/aromatic N) is 1. The van der Waals surface area contributed by atoms with Crippen LogP contribution in [0, 0.1) is 11.7 Å². The fraction of sp³-hybridized carbons (Fsp3) is 0.429. The lowest BCUT2D eigenvalue weighted by atomic mass is 10.1. The fourth-order valence-electron chi connectivity index (χ4n) is 1.82. The minimum absolute atomic E-state index is 0.192. The topological polar surface area (TPSA) is 57.6 Å². The first-order valence-electron chi connectivity index (χ1n) is 6.12. The summed E-state index contributed by atoms with van der Waals surface area (Å²) in [4.78, 5) is 23.8. The van der Waals surface area contributed by atoms with Crippen molar-refractivity contribution >= 4 is 11.9 Å². The van der Waals surface area contributed by atoms with Gasteiger partial charge >= 0.3 is 5.97 Å². The van der Waals surface area contributed by atoms with Crippen LogP contribution < -0.4 is 0 Å². The standard InChI is InChI=1S/C14H18FNO3/c1-10(9-13(17)18)14(19)16(2)8-7-11-5-3-4-6-12(11)15/h3-6,10H,7-9H2,1-2H3,(H,17,18). The Kier molecular flexibility index (Phi) is 5.48. The molecule has 0 aliphatic heterocycles. The molecule has 0 aromatic heterocycles. The summed E-state index contributed by atoms with van der Waals surface area (Å²) in [6.45, 7) is 1.94. The van der Waals surface area contributed by atoms with E-state index >= 15 is 0 Å². The van der Waals surface area contributed by atoms with E-state index in [1.54, 1.807) is 32.2 Å². The molecular formula is C14H18FNO3.